The van der Waals surface area contributed by atoms with Gasteiger partial charge in [-0.3, -0.25) is 0 Å². The number of hydrogen-bond donors (Lipinski definition) is 1. The number of nitrogens with two attached hydrogens (primary N) is 1. The zero-order valence-corrected chi connectivity index (χ0v) is 12.4. The number of hydrogen-bond acceptors (Lipinski definition) is 5. The van der Waals surface area contributed by atoms with Gasteiger partial charge in [-0.2, -0.15) is 4.98 Å². The Hall–Kier alpha value is -0.940. The van der Waals surface area contributed by atoms with Gasteiger partial charge in [0, 0.05) is 13.0 Å². The van der Waals surface area contributed by atoms with E-state index in [1.807, 2.05) is 13.8 Å². The fourth-order valence-electron chi connectivity index (χ4n) is 1.99. The molecular weight excluding hydrogens is 242 g/mol. The molecule has 0 radical (unpaired) electrons. The van der Waals surface area contributed by atoms with Gasteiger partial charge < -0.3 is 15.0 Å². The van der Waals surface area contributed by atoms with Gasteiger partial charge >= 0.3 is 0 Å². The highest BCUT2D eigenvalue weighted by atomic mass is 16.5. The Morgan fingerprint density at radius 1 is 1.21 bits per heavy atom. The summed E-state index contributed by atoms with van der Waals surface area (Å²) >= 11 is 0. The SMILES string of the molecule is CCOC(C)(CC)c1noc(CCCCCCN)n1. The van der Waals surface area contributed by atoms with Crippen LogP contribution in [0.3, 0.4) is 0 Å². The molecule has 1 atom stereocenters. The van der Waals surface area contributed by atoms with Crippen LogP contribution in [0.15, 0.2) is 4.52 Å². The number of aryl methyl sites for hydroxylation is 1. The number of nitrogens with zero attached hydrogens (tertiary/aromatic N) is 2. The Bertz CT molecular complexity index is 354. The van der Waals surface area contributed by atoms with Gasteiger partial charge in [0.15, 0.2) is 0 Å². The third-order valence-electron chi connectivity index (χ3n) is 3.42. The number of ether oxygens (including phenoxy) is 1. The first-order chi connectivity index (χ1) is 9.16. The Kier molecular flexibility index (Phi) is 7.02. The standard InChI is InChI=1S/C14H27N3O2/c1-4-14(3,18-5-2)13-16-12(19-17-13)10-8-6-7-9-11-15/h4-11,15H2,1-3H3. The second kappa shape index (κ2) is 8.27. The van der Waals surface area contributed by atoms with Crippen LogP contribution in [0.2, 0.25) is 0 Å². The van der Waals surface area contributed by atoms with E-state index in [2.05, 4.69) is 17.1 Å². The number of aromatic nitrogens is 2. The van der Waals surface area contributed by atoms with E-state index in [-0.39, 0.29) is 0 Å². The van der Waals surface area contributed by atoms with E-state index >= 15 is 0 Å². The van der Waals surface area contributed by atoms with Gasteiger partial charge in [-0.25, -0.2) is 0 Å². The van der Waals surface area contributed by atoms with E-state index in [0.29, 0.717) is 18.3 Å². The molecule has 110 valence electrons. The Balaban J connectivity index is 2.47. The molecule has 1 heterocycles. The first-order valence-electron chi connectivity index (χ1n) is 7.33. The maximum Gasteiger partial charge on any atom is 0.226 e. The second-order valence-corrected chi connectivity index (χ2v) is 4.98. The van der Waals surface area contributed by atoms with Crippen molar-refractivity contribution in [3.05, 3.63) is 11.7 Å². The fraction of sp³-hybridized carbons (Fsp3) is 0.857. The lowest BCUT2D eigenvalue weighted by Gasteiger charge is -2.23. The van der Waals surface area contributed by atoms with Gasteiger partial charge in [-0.1, -0.05) is 24.9 Å². The van der Waals surface area contributed by atoms with E-state index in [4.69, 9.17) is 15.0 Å². The molecule has 19 heavy (non-hydrogen) atoms. The van der Waals surface area contributed by atoms with E-state index in [9.17, 15) is 0 Å². The van der Waals surface area contributed by atoms with Crippen LogP contribution >= 0.6 is 0 Å². The molecule has 0 saturated heterocycles. The van der Waals surface area contributed by atoms with Crippen molar-refractivity contribution < 1.29 is 9.26 Å². The van der Waals surface area contributed by atoms with Gasteiger partial charge in [0.05, 0.1) is 0 Å². The molecular formula is C14H27N3O2. The molecule has 5 nitrogen and oxygen atoms in total. The molecule has 0 aliphatic carbocycles. The van der Waals surface area contributed by atoms with Gasteiger partial charge in [0.1, 0.15) is 5.60 Å². The minimum absolute atomic E-state index is 0.434. The van der Waals surface area contributed by atoms with Gasteiger partial charge in [0.2, 0.25) is 11.7 Å². The lowest BCUT2D eigenvalue weighted by Crippen LogP contribution is -2.26. The highest BCUT2D eigenvalue weighted by molar-refractivity contribution is 4.99. The average molecular weight is 269 g/mol. The largest absolute Gasteiger partial charge is 0.367 e. The topological polar surface area (TPSA) is 74.2 Å². The lowest BCUT2D eigenvalue weighted by molar-refractivity contribution is -0.0403. The average Bonchev–Trinajstić information content (AvgIpc) is 2.88. The van der Waals surface area contributed by atoms with Crippen molar-refractivity contribution in [3.63, 3.8) is 0 Å². The third-order valence-corrected chi connectivity index (χ3v) is 3.42. The van der Waals surface area contributed by atoms with Crippen molar-refractivity contribution in [2.45, 2.75) is 64.9 Å². The van der Waals surface area contributed by atoms with Crippen LogP contribution in [-0.4, -0.2) is 23.3 Å². The molecule has 0 spiro atoms. The van der Waals surface area contributed by atoms with Gasteiger partial charge in [-0.15, -0.1) is 0 Å². The monoisotopic (exact) mass is 269 g/mol. The van der Waals surface area contributed by atoms with Crippen LogP contribution in [0.5, 0.6) is 0 Å². The minimum Gasteiger partial charge on any atom is -0.367 e. The Morgan fingerprint density at radius 2 is 1.95 bits per heavy atom. The van der Waals surface area contributed by atoms with E-state index in [1.165, 1.54) is 6.42 Å². The summed E-state index contributed by atoms with van der Waals surface area (Å²) in [5.74, 6) is 1.37. The first kappa shape index (κ1) is 16.1. The zero-order valence-electron chi connectivity index (χ0n) is 12.4. The first-order valence-corrected chi connectivity index (χ1v) is 7.33. The molecule has 0 aromatic carbocycles. The molecule has 0 bridgehead atoms. The summed E-state index contributed by atoms with van der Waals surface area (Å²) in [6, 6.07) is 0. The summed E-state index contributed by atoms with van der Waals surface area (Å²) in [5, 5.41) is 4.06. The molecule has 2 N–H and O–H groups in total. The summed E-state index contributed by atoms with van der Waals surface area (Å²) in [6.45, 7) is 7.47. The van der Waals surface area contributed by atoms with Gasteiger partial charge in [-0.05, 0) is 39.7 Å². The summed E-state index contributed by atoms with van der Waals surface area (Å²) in [7, 11) is 0. The molecule has 0 fully saturated rings. The normalized spacial score (nSPS) is 14.5. The van der Waals surface area contributed by atoms with Crippen molar-refractivity contribution in [1.82, 2.24) is 10.1 Å². The van der Waals surface area contributed by atoms with Crippen molar-refractivity contribution in [3.8, 4) is 0 Å². The van der Waals surface area contributed by atoms with E-state index in [1.54, 1.807) is 0 Å². The number of rotatable bonds is 10. The fourth-order valence-corrected chi connectivity index (χ4v) is 1.99. The smallest absolute Gasteiger partial charge is 0.226 e. The summed E-state index contributed by atoms with van der Waals surface area (Å²) in [4.78, 5) is 4.46. The number of unbranched alkanes of at least 4 members (excludes halogenated alkanes) is 3. The van der Waals surface area contributed by atoms with Crippen molar-refractivity contribution in [2.24, 2.45) is 5.73 Å². The molecule has 1 unspecified atom stereocenters. The van der Waals surface area contributed by atoms with Crippen LogP contribution in [0.1, 0.15) is 64.6 Å². The minimum atomic E-state index is -0.434. The van der Waals surface area contributed by atoms with Crippen LogP contribution in [0.25, 0.3) is 0 Å². The molecule has 1 rings (SSSR count). The van der Waals surface area contributed by atoms with Crippen molar-refractivity contribution >= 4 is 0 Å². The Labute approximate surface area is 115 Å². The maximum absolute atomic E-state index is 5.74. The molecule has 1 aromatic heterocycles. The molecule has 0 saturated carbocycles. The third kappa shape index (κ3) is 4.91. The summed E-state index contributed by atoms with van der Waals surface area (Å²) in [6.07, 6.45) is 6.15. The van der Waals surface area contributed by atoms with Crippen LogP contribution < -0.4 is 5.73 Å². The molecule has 0 aliphatic rings. The van der Waals surface area contributed by atoms with Crippen molar-refractivity contribution in [2.75, 3.05) is 13.2 Å². The highest BCUT2D eigenvalue weighted by Gasteiger charge is 2.30. The van der Waals surface area contributed by atoms with Crippen LogP contribution in [0, 0.1) is 0 Å². The summed E-state index contributed by atoms with van der Waals surface area (Å²) in [5.41, 5.74) is 5.03. The van der Waals surface area contributed by atoms with E-state index in [0.717, 1.165) is 38.6 Å². The molecule has 0 aliphatic heterocycles. The lowest BCUT2D eigenvalue weighted by atomic mass is 10.0. The molecule has 0 amide bonds. The molecule has 1 aromatic rings. The van der Waals surface area contributed by atoms with Crippen LogP contribution in [-0.2, 0) is 16.8 Å². The second-order valence-electron chi connectivity index (χ2n) is 4.98. The highest BCUT2D eigenvalue weighted by Crippen LogP contribution is 2.26. The predicted molar refractivity (Wildman–Crippen MR) is 74.8 cm³/mol. The maximum atomic E-state index is 5.74. The van der Waals surface area contributed by atoms with Crippen molar-refractivity contribution in [1.29, 1.82) is 0 Å². The predicted octanol–water partition coefficient (Wildman–Crippen LogP) is 2.79. The quantitative estimate of drug-likeness (QED) is 0.661. The zero-order chi connectivity index (χ0) is 14.1. The molecule has 5 heteroatoms. The van der Waals surface area contributed by atoms with E-state index < -0.39 is 5.60 Å². The van der Waals surface area contributed by atoms with Crippen LogP contribution in [0.4, 0.5) is 0 Å². The summed E-state index contributed by atoms with van der Waals surface area (Å²) < 4.78 is 11.0. The Morgan fingerprint density at radius 3 is 2.58 bits per heavy atom. The van der Waals surface area contributed by atoms with Gasteiger partial charge in [0.25, 0.3) is 0 Å².